The molecule has 0 spiro atoms. The molecule has 158 valence electrons. The van der Waals surface area contributed by atoms with E-state index in [2.05, 4.69) is 35.8 Å². The summed E-state index contributed by atoms with van der Waals surface area (Å²) in [6, 6.07) is 0. The Morgan fingerprint density at radius 1 is 1.14 bits per heavy atom. The lowest BCUT2D eigenvalue weighted by Gasteiger charge is -2.13. The second-order valence-electron chi connectivity index (χ2n) is 8.78. The van der Waals surface area contributed by atoms with Crippen LogP contribution < -0.4 is 0 Å². The SMILES string of the molecule is CCCC(CC)C(=O)OCCCCCC1C2CCc3nnn(CC)c3CCC12. The minimum absolute atomic E-state index is 0.0175. The number of rotatable bonds is 11. The van der Waals surface area contributed by atoms with Gasteiger partial charge in [0.25, 0.3) is 0 Å². The van der Waals surface area contributed by atoms with Gasteiger partial charge in [0.05, 0.1) is 23.9 Å². The third-order valence-electron chi connectivity index (χ3n) is 7.04. The molecule has 5 heteroatoms. The first kappa shape index (κ1) is 21.3. The zero-order chi connectivity index (χ0) is 19.9. The molecule has 2 aliphatic carbocycles. The molecule has 5 nitrogen and oxygen atoms in total. The number of carbonyl (C=O) groups excluding carboxylic acids is 1. The van der Waals surface area contributed by atoms with Crippen molar-refractivity contribution < 1.29 is 9.53 Å². The molecule has 28 heavy (non-hydrogen) atoms. The molecule has 0 aromatic carbocycles. The molecule has 4 atom stereocenters. The van der Waals surface area contributed by atoms with Crippen LogP contribution in [0, 0.1) is 23.7 Å². The van der Waals surface area contributed by atoms with Crippen molar-refractivity contribution in [3.05, 3.63) is 11.4 Å². The number of unbranched alkanes of at least 4 members (excludes halogenated alkanes) is 2. The van der Waals surface area contributed by atoms with Gasteiger partial charge in [-0.2, -0.15) is 0 Å². The Morgan fingerprint density at radius 3 is 2.64 bits per heavy atom. The van der Waals surface area contributed by atoms with E-state index in [1.807, 2.05) is 0 Å². The van der Waals surface area contributed by atoms with Crippen molar-refractivity contribution in [3.63, 3.8) is 0 Å². The number of hydrogen-bond acceptors (Lipinski definition) is 4. The van der Waals surface area contributed by atoms with Crippen LogP contribution in [0.4, 0.5) is 0 Å². The van der Waals surface area contributed by atoms with E-state index in [9.17, 15) is 4.79 Å². The quantitative estimate of drug-likeness (QED) is 0.396. The summed E-state index contributed by atoms with van der Waals surface area (Å²) in [5, 5.41) is 8.73. The highest BCUT2D eigenvalue weighted by atomic mass is 16.5. The first-order chi connectivity index (χ1) is 13.7. The molecule has 3 rings (SSSR count). The Balaban J connectivity index is 1.30. The second kappa shape index (κ2) is 10.4. The van der Waals surface area contributed by atoms with Crippen LogP contribution in [-0.4, -0.2) is 27.6 Å². The minimum Gasteiger partial charge on any atom is -0.465 e. The molecule has 0 bridgehead atoms. The standard InChI is InChI=1S/C23H39N3O2/c1-4-10-17(5-2)23(27)28-16-9-7-8-11-18-19-12-14-21-22(15-13-20(18)19)26(6-3)25-24-21/h17-20H,4-16H2,1-3H3. The van der Waals surface area contributed by atoms with Gasteiger partial charge in [-0.15, -0.1) is 5.10 Å². The Hall–Kier alpha value is -1.39. The summed E-state index contributed by atoms with van der Waals surface area (Å²) in [7, 11) is 0. The Morgan fingerprint density at radius 2 is 1.93 bits per heavy atom. The Bertz CT molecular complexity index is 627. The van der Waals surface area contributed by atoms with Crippen molar-refractivity contribution in [2.75, 3.05) is 6.61 Å². The number of hydrogen-bond donors (Lipinski definition) is 0. The highest BCUT2D eigenvalue weighted by Crippen LogP contribution is 2.55. The smallest absolute Gasteiger partial charge is 0.308 e. The van der Waals surface area contributed by atoms with Crippen molar-refractivity contribution in [1.82, 2.24) is 15.0 Å². The number of aryl methyl sites for hydroxylation is 2. The Labute approximate surface area is 170 Å². The molecule has 0 amide bonds. The second-order valence-corrected chi connectivity index (χ2v) is 8.78. The highest BCUT2D eigenvalue weighted by Gasteiger charge is 2.48. The minimum atomic E-state index is 0.0175. The number of ether oxygens (including phenoxy) is 1. The molecule has 1 heterocycles. The summed E-state index contributed by atoms with van der Waals surface area (Å²) in [5.41, 5.74) is 2.64. The van der Waals surface area contributed by atoms with Crippen molar-refractivity contribution in [3.8, 4) is 0 Å². The lowest BCUT2D eigenvalue weighted by Crippen LogP contribution is -2.17. The molecule has 1 fully saturated rings. The molecule has 0 radical (unpaired) electrons. The summed E-state index contributed by atoms with van der Waals surface area (Å²) in [5.74, 6) is 2.88. The van der Waals surface area contributed by atoms with Crippen LogP contribution in [0.5, 0.6) is 0 Å². The average Bonchev–Trinajstić information content (AvgIpc) is 3.18. The molecule has 2 aliphatic rings. The van der Waals surface area contributed by atoms with Gasteiger partial charge in [0, 0.05) is 6.54 Å². The van der Waals surface area contributed by atoms with Crippen LogP contribution in [0.25, 0.3) is 0 Å². The topological polar surface area (TPSA) is 57.0 Å². The van der Waals surface area contributed by atoms with E-state index < -0.39 is 0 Å². The molecule has 0 saturated heterocycles. The number of carbonyl (C=O) groups is 1. The predicted molar refractivity (Wildman–Crippen MR) is 111 cm³/mol. The van der Waals surface area contributed by atoms with Crippen LogP contribution in [0.15, 0.2) is 0 Å². The molecular weight excluding hydrogens is 350 g/mol. The van der Waals surface area contributed by atoms with E-state index in [4.69, 9.17) is 4.74 Å². The van der Waals surface area contributed by atoms with Crippen LogP contribution in [0.3, 0.4) is 0 Å². The van der Waals surface area contributed by atoms with E-state index in [0.717, 1.165) is 62.8 Å². The zero-order valence-electron chi connectivity index (χ0n) is 18.2. The lowest BCUT2D eigenvalue weighted by atomic mass is 10.0. The number of fused-ring (bicyclic) bond motifs is 2. The summed E-state index contributed by atoms with van der Waals surface area (Å²) in [4.78, 5) is 12.0. The molecule has 1 aromatic heterocycles. The van der Waals surface area contributed by atoms with Crippen LogP contribution in [0.1, 0.15) is 89.9 Å². The van der Waals surface area contributed by atoms with Gasteiger partial charge in [-0.3, -0.25) is 4.79 Å². The monoisotopic (exact) mass is 389 g/mol. The number of aromatic nitrogens is 3. The zero-order valence-corrected chi connectivity index (χ0v) is 18.2. The van der Waals surface area contributed by atoms with Crippen LogP contribution in [-0.2, 0) is 28.9 Å². The van der Waals surface area contributed by atoms with E-state index in [1.54, 1.807) is 0 Å². The van der Waals surface area contributed by atoms with Crippen molar-refractivity contribution >= 4 is 5.97 Å². The fraction of sp³-hybridized carbons (Fsp3) is 0.870. The van der Waals surface area contributed by atoms with Crippen molar-refractivity contribution in [2.24, 2.45) is 23.7 Å². The fourth-order valence-electron chi connectivity index (χ4n) is 5.29. The molecule has 0 N–H and O–H groups in total. The van der Waals surface area contributed by atoms with E-state index >= 15 is 0 Å². The highest BCUT2D eigenvalue weighted by molar-refractivity contribution is 5.72. The van der Waals surface area contributed by atoms with Gasteiger partial charge >= 0.3 is 5.97 Å². The largest absolute Gasteiger partial charge is 0.465 e. The van der Waals surface area contributed by atoms with Gasteiger partial charge in [-0.25, -0.2) is 4.68 Å². The molecule has 4 unspecified atom stereocenters. The van der Waals surface area contributed by atoms with Gasteiger partial charge < -0.3 is 4.74 Å². The van der Waals surface area contributed by atoms with Gasteiger partial charge in [-0.1, -0.05) is 38.3 Å². The van der Waals surface area contributed by atoms with Gasteiger partial charge in [0.1, 0.15) is 0 Å². The first-order valence-electron chi connectivity index (χ1n) is 11.8. The number of esters is 1. The fourth-order valence-corrected chi connectivity index (χ4v) is 5.29. The van der Waals surface area contributed by atoms with E-state index in [1.165, 1.54) is 43.5 Å². The summed E-state index contributed by atoms with van der Waals surface area (Å²) in [6.07, 6.45) is 12.6. The molecule has 0 aliphatic heterocycles. The van der Waals surface area contributed by atoms with Gasteiger partial charge in [-0.05, 0) is 76.0 Å². The van der Waals surface area contributed by atoms with E-state index in [-0.39, 0.29) is 11.9 Å². The van der Waals surface area contributed by atoms with Gasteiger partial charge in [0.2, 0.25) is 0 Å². The van der Waals surface area contributed by atoms with Gasteiger partial charge in [0.15, 0.2) is 0 Å². The lowest BCUT2D eigenvalue weighted by molar-refractivity contribution is -0.149. The average molecular weight is 390 g/mol. The van der Waals surface area contributed by atoms with E-state index in [0.29, 0.717) is 6.61 Å². The van der Waals surface area contributed by atoms with Crippen molar-refractivity contribution in [1.29, 1.82) is 0 Å². The predicted octanol–water partition coefficient (Wildman–Crippen LogP) is 4.97. The molecule has 1 aromatic rings. The normalized spacial score (nSPS) is 24.6. The third kappa shape index (κ3) is 5.15. The summed E-state index contributed by atoms with van der Waals surface area (Å²) in [6.45, 7) is 7.89. The number of nitrogens with zero attached hydrogens (tertiary/aromatic N) is 3. The third-order valence-corrected chi connectivity index (χ3v) is 7.04. The van der Waals surface area contributed by atoms with Crippen molar-refractivity contribution in [2.45, 2.75) is 97.9 Å². The maximum absolute atomic E-state index is 12.0. The summed E-state index contributed by atoms with van der Waals surface area (Å²) < 4.78 is 7.59. The maximum Gasteiger partial charge on any atom is 0.308 e. The molecule has 1 saturated carbocycles. The Kier molecular flexibility index (Phi) is 7.92. The maximum atomic E-state index is 12.0. The summed E-state index contributed by atoms with van der Waals surface area (Å²) >= 11 is 0. The first-order valence-corrected chi connectivity index (χ1v) is 11.8. The molecular formula is C23H39N3O2. The van der Waals surface area contributed by atoms with Crippen LogP contribution in [0.2, 0.25) is 0 Å². The van der Waals surface area contributed by atoms with Crippen LogP contribution >= 0.6 is 0 Å².